The molecule has 0 aromatic carbocycles. The summed E-state index contributed by atoms with van der Waals surface area (Å²) in [5, 5.41) is 30.7. The zero-order valence-corrected chi connectivity index (χ0v) is 26.9. The number of aromatic nitrogens is 4. The number of urea groups is 1. The first kappa shape index (κ1) is 35.5. The summed E-state index contributed by atoms with van der Waals surface area (Å²) >= 11 is 5.04. The summed E-state index contributed by atoms with van der Waals surface area (Å²) in [7, 11) is 1.59. The quantitative estimate of drug-likeness (QED) is 0.0253. The van der Waals surface area contributed by atoms with Crippen molar-refractivity contribution in [3.05, 3.63) is 23.3 Å². The molecule has 2 atom stereocenters. The van der Waals surface area contributed by atoms with Gasteiger partial charge in [-0.2, -0.15) is 22.0 Å². The monoisotopic (exact) mass is 683 g/mol. The molecule has 46 heavy (non-hydrogen) atoms. The minimum atomic E-state index is -1.83. The highest BCUT2D eigenvalue weighted by Crippen LogP contribution is 2.28. The van der Waals surface area contributed by atoms with E-state index in [-0.39, 0.29) is 59.1 Å². The number of nitrogens with two attached hydrogens (primary N) is 3. The van der Waals surface area contributed by atoms with Gasteiger partial charge >= 0.3 is 18.0 Å². The minimum Gasteiger partial charge on any atom is -0.478 e. The lowest BCUT2D eigenvalue weighted by Crippen LogP contribution is -2.70. The third-order valence-electron chi connectivity index (χ3n) is 6.72. The highest BCUT2D eigenvalue weighted by molar-refractivity contribution is 7.80. The maximum absolute atomic E-state index is 13.3. The van der Waals surface area contributed by atoms with Crippen LogP contribution in [0.2, 0.25) is 0 Å². The Morgan fingerprint density at radius 2 is 1.93 bits per heavy atom. The van der Waals surface area contributed by atoms with Gasteiger partial charge in [0, 0.05) is 35.9 Å². The van der Waals surface area contributed by atoms with E-state index in [1.807, 2.05) is 0 Å². The number of β-lactam (4-membered cyclic amide) rings is 1. The van der Waals surface area contributed by atoms with Crippen molar-refractivity contribution in [3.63, 3.8) is 0 Å². The van der Waals surface area contributed by atoms with Crippen LogP contribution in [0.3, 0.4) is 0 Å². The number of anilines is 3. The Morgan fingerprint density at radius 3 is 2.46 bits per heavy atom. The predicted molar refractivity (Wildman–Crippen MR) is 167 cm³/mol. The number of carboxylic acids is 2. The molecule has 0 aliphatic carbocycles. The van der Waals surface area contributed by atoms with Crippen LogP contribution < -0.4 is 37.8 Å². The van der Waals surface area contributed by atoms with Gasteiger partial charge in [0.1, 0.15) is 11.7 Å². The summed E-state index contributed by atoms with van der Waals surface area (Å²) in [6.45, 7) is 4.29. The number of carbonyl (C=O) groups is 5. The zero-order chi connectivity index (χ0) is 34.5. The average Bonchev–Trinajstić information content (AvgIpc) is 3.53. The normalized spacial score (nSPS) is 17.1. The second kappa shape index (κ2) is 14.4. The summed E-state index contributed by atoms with van der Waals surface area (Å²) < 4.78 is 6.90. The first-order chi connectivity index (χ1) is 21.5. The predicted octanol–water partition coefficient (Wildman–Crippen LogP) is -2.32. The van der Waals surface area contributed by atoms with Gasteiger partial charge in [-0.25, -0.2) is 14.4 Å². The fourth-order valence-corrected chi connectivity index (χ4v) is 4.76. The molecule has 0 spiro atoms. The van der Waals surface area contributed by atoms with Crippen LogP contribution in [0.5, 0.6) is 0 Å². The van der Waals surface area contributed by atoms with Gasteiger partial charge in [-0.1, -0.05) is 5.16 Å². The van der Waals surface area contributed by atoms with Crippen LogP contribution in [0, 0.1) is 0 Å². The Kier molecular flexibility index (Phi) is 11.1. The van der Waals surface area contributed by atoms with E-state index in [1.165, 1.54) is 36.3 Å². The van der Waals surface area contributed by atoms with E-state index in [4.69, 9.17) is 22.0 Å². The molecule has 4 amide bonds. The van der Waals surface area contributed by atoms with E-state index in [9.17, 15) is 34.2 Å². The molecular formula is C24H35N12O8S2+. The number of nitrogens with one attached hydrogen (secondary N) is 3. The Hall–Kier alpha value is -4.96. The molecule has 11 N–H and O–H groups in total. The van der Waals surface area contributed by atoms with Gasteiger partial charge in [0.25, 0.3) is 11.8 Å². The van der Waals surface area contributed by atoms with Crippen LogP contribution in [0.4, 0.5) is 21.4 Å². The molecule has 22 heteroatoms. The first-order valence-electron chi connectivity index (χ1n) is 13.4. The lowest BCUT2D eigenvalue weighted by Gasteiger charge is -2.45. The molecule has 1 aliphatic heterocycles. The van der Waals surface area contributed by atoms with Crippen molar-refractivity contribution in [2.75, 3.05) is 35.6 Å². The number of aliphatic carboxylic acids is 2. The number of amides is 4. The Morgan fingerprint density at radius 1 is 1.26 bits per heavy atom. The standard InChI is InChI=1S/C24H34N12O8S2/c1-10-13(30-18(37)14(17-31-22(27)46-33-17)32-44-24(2,3)21(41)42)19(38)36(10)15(20(39)40)11(9-45)7-35-8-12(16(26)34(35)4)29-23(43)28-6-5-25/h8,10,13,26H,5-7,9,25H2,1-4H3,(H8,27,28,29,30,31,33,37,39,40,41,42,43,45)/p+1/b15-11-,32-14-/t10-,13+/m1/s1. The molecule has 250 valence electrons. The third kappa shape index (κ3) is 7.63. The molecule has 0 radical (unpaired) electrons. The number of hydrogen-bond acceptors (Lipinski definition) is 14. The van der Waals surface area contributed by atoms with Crippen LogP contribution in [-0.4, -0.2) is 101 Å². The summed E-state index contributed by atoms with van der Waals surface area (Å²) in [6.07, 6.45) is 1.48. The number of likely N-dealkylation sites (tertiary alicyclic amines) is 1. The Labute approximate surface area is 271 Å². The van der Waals surface area contributed by atoms with E-state index in [0.717, 1.165) is 16.4 Å². The molecule has 2 aromatic heterocycles. The number of rotatable bonds is 14. The number of oxime groups is 1. The molecule has 1 saturated heterocycles. The zero-order valence-electron chi connectivity index (χ0n) is 25.2. The Balaban J connectivity index is 1.86. The van der Waals surface area contributed by atoms with Crippen molar-refractivity contribution < 1.29 is 43.7 Å². The number of nitrogen functional groups attached to an aromatic ring is 2. The molecule has 1 fully saturated rings. The molecule has 20 nitrogen and oxygen atoms in total. The van der Waals surface area contributed by atoms with Crippen LogP contribution >= 0.6 is 24.2 Å². The third-order valence-corrected chi connectivity index (χ3v) is 7.64. The number of nitrogens with zero attached hydrogens (tertiary/aromatic N) is 6. The van der Waals surface area contributed by atoms with Crippen LogP contribution in [0.15, 0.2) is 22.6 Å². The second-order valence-corrected chi connectivity index (χ2v) is 11.4. The molecule has 3 heterocycles. The summed E-state index contributed by atoms with van der Waals surface area (Å²) in [5.41, 5.74) is 14.8. The van der Waals surface area contributed by atoms with E-state index in [2.05, 4.69) is 43.1 Å². The van der Waals surface area contributed by atoms with Gasteiger partial charge < -0.3 is 42.9 Å². The topological polar surface area (TPSA) is 299 Å². The Bertz CT molecular complexity index is 1600. The van der Waals surface area contributed by atoms with E-state index < -0.39 is 53.2 Å². The molecular weight excluding hydrogens is 648 g/mol. The first-order valence-corrected chi connectivity index (χ1v) is 14.8. The second-order valence-electron chi connectivity index (χ2n) is 10.3. The van der Waals surface area contributed by atoms with Crippen LogP contribution in [0.1, 0.15) is 26.6 Å². The number of hydrogen-bond donors (Lipinski definition) is 9. The van der Waals surface area contributed by atoms with Gasteiger partial charge in [0.15, 0.2) is 23.2 Å². The van der Waals surface area contributed by atoms with Gasteiger partial charge in [0.2, 0.25) is 23.3 Å². The minimum absolute atomic E-state index is 0.0154. The molecule has 1 aliphatic rings. The van der Waals surface area contributed by atoms with Gasteiger partial charge in [-0.15, -0.1) is 9.36 Å². The van der Waals surface area contributed by atoms with Crippen molar-refractivity contribution in [3.8, 4) is 0 Å². The van der Waals surface area contributed by atoms with Crippen molar-refractivity contribution in [1.29, 1.82) is 0 Å². The lowest BCUT2D eigenvalue weighted by molar-refractivity contribution is -0.765. The van der Waals surface area contributed by atoms with E-state index >= 15 is 0 Å². The fourth-order valence-electron chi connectivity index (χ4n) is 4.08. The van der Waals surface area contributed by atoms with Crippen molar-refractivity contribution in [2.24, 2.45) is 17.9 Å². The highest BCUT2D eigenvalue weighted by Gasteiger charge is 2.50. The van der Waals surface area contributed by atoms with Gasteiger partial charge in [-0.05, 0) is 20.8 Å². The maximum Gasteiger partial charge on any atom is 0.352 e. The largest absolute Gasteiger partial charge is 0.478 e. The summed E-state index contributed by atoms with van der Waals surface area (Å²) in [6, 6.07) is -2.62. The molecule has 2 aromatic rings. The highest BCUT2D eigenvalue weighted by atomic mass is 32.1. The van der Waals surface area contributed by atoms with Gasteiger partial charge in [0.05, 0.1) is 13.1 Å². The van der Waals surface area contributed by atoms with Crippen molar-refractivity contribution >= 4 is 76.3 Å². The smallest absolute Gasteiger partial charge is 0.352 e. The van der Waals surface area contributed by atoms with Crippen molar-refractivity contribution in [2.45, 2.75) is 45.0 Å². The van der Waals surface area contributed by atoms with Crippen LogP contribution in [0.25, 0.3) is 0 Å². The lowest BCUT2D eigenvalue weighted by atomic mass is 9.94. The van der Waals surface area contributed by atoms with Crippen LogP contribution in [-0.2, 0) is 37.6 Å². The molecule has 3 rings (SSSR count). The van der Waals surface area contributed by atoms with Crippen molar-refractivity contribution in [1.82, 2.24) is 29.6 Å². The summed E-state index contributed by atoms with van der Waals surface area (Å²) in [4.78, 5) is 72.5. The van der Waals surface area contributed by atoms with E-state index in [1.54, 1.807) is 7.05 Å². The fraction of sp³-hybridized carbons (Fsp3) is 0.458. The number of carboxylic acid groups (broad SMARTS) is 2. The maximum atomic E-state index is 13.3. The average molecular weight is 684 g/mol. The molecule has 0 saturated carbocycles. The SMILES string of the molecule is C[C@@H]1[C@H](NC(=O)/C(=N\OC(C)(C)C(=O)O)c2nsc(N)n2)C(=O)N1/C(C(=O)O)=C(\CS)C[n+]1cc(NC(=O)NCCN)c(N)n1C. The molecule has 0 unspecified atom stereocenters. The van der Waals surface area contributed by atoms with Gasteiger partial charge in [-0.3, -0.25) is 19.8 Å². The number of thiol groups is 1. The molecule has 0 bridgehead atoms. The summed E-state index contributed by atoms with van der Waals surface area (Å²) in [5.74, 6) is -4.74. The van der Waals surface area contributed by atoms with E-state index in [0.29, 0.717) is 0 Å². The number of carbonyl (C=O) groups excluding carboxylic acids is 3.